The first-order valence-corrected chi connectivity index (χ1v) is 46.2. The molecular formula is C105H145NO13. The number of unbranched alkanes of at least 4 members (excludes halogenated alkanes) is 36. The molecule has 648 valence electrons. The number of carbonyl (C=O) groups is 2. The molecule has 8 aromatic carbocycles. The van der Waals surface area contributed by atoms with E-state index < -0.39 is 11.9 Å². The van der Waals surface area contributed by atoms with Gasteiger partial charge in [0.05, 0.1) is 39.1 Å². The summed E-state index contributed by atoms with van der Waals surface area (Å²) >= 11 is 0. The van der Waals surface area contributed by atoms with Gasteiger partial charge in [0.25, 0.3) is 5.91 Å². The maximum Gasteiger partial charge on any atom is 0.337 e. The summed E-state index contributed by atoms with van der Waals surface area (Å²) in [6, 6.07) is 55.8. The van der Waals surface area contributed by atoms with E-state index in [-0.39, 0.29) is 32.0 Å². The van der Waals surface area contributed by atoms with E-state index in [0.717, 1.165) is 82.1 Å². The Kier molecular flexibility index (Phi) is 48.2. The van der Waals surface area contributed by atoms with E-state index in [9.17, 15) is 9.59 Å². The highest BCUT2D eigenvalue weighted by molar-refractivity contribution is 6.05. The van der Waals surface area contributed by atoms with Crippen molar-refractivity contribution in [2.75, 3.05) is 38.9 Å². The van der Waals surface area contributed by atoms with Crippen LogP contribution in [0.4, 0.5) is 5.69 Å². The molecule has 8 aromatic rings. The smallest absolute Gasteiger partial charge is 0.337 e. The Balaban J connectivity index is 0.948. The van der Waals surface area contributed by atoms with Gasteiger partial charge in [-0.25, -0.2) is 4.79 Å². The van der Waals surface area contributed by atoms with Crippen molar-refractivity contribution in [2.45, 2.75) is 324 Å². The summed E-state index contributed by atoms with van der Waals surface area (Å²) in [6.45, 7) is 13.3. The number of amides is 1. The minimum atomic E-state index is -0.477. The van der Waals surface area contributed by atoms with Crippen LogP contribution in [0.2, 0.25) is 0 Å². The van der Waals surface area contributed by atoms with Gasteiger partial charge in [-0.3, -0.25) is 4.79 Å². The predicted molar refractivity (Wildman–Crippen MR) is 486 cm³/mol. The van der Waals surface area contributed by atoms with Gasteiger partial charge in [0.15, 0.2) is 23.0 Å². The molecule has 0 saturated heterocycles. The fourth-order valence-corrected chi connectivity index (χ4v) is 14.5. The van der Waals surface area contributed by atoms with E-state index in [0.29, 0.717) is 85.4 Å². The Bertz CT molecular complexity index is 3740. The molecule has 14 heteroatoms. The lowest BCUT2D eigenvalue weighted by Gasteiger charge is -2.17. The lowest BCUT2D eigenvalue weighted by atomic mass is 10.1. The average molecular weight is 1630 g/mol. The van der Waals surface area contributed by atoms with Gasteiger partial charge in [0.1, 0.15) is 74.1 Å². The molecule has 119 heavy (non-hydrogen) atoms. The lowest BCUT2D eigenvalue weighted by molar-refractivity contribution is 0.0600. The number of rotatable bonds is 69. The molecule has 1 N–H and O–H groups in total. The molecule has 0 saturated carbocycles. The van der Waals surface area contributed by atoms with Gasteiger partial charge in [-0.1, -0.05) is 320 Å². The molecule has 14 nitrogen and oxygen atoms in total. The third-order valence-electron chi connectivity index (χ3n) is 21.9. The summed E-state index contributed by atoms with van der Waals surface area (Å²) in [6.07, 6.45) is 51.2. The number of methoxy groups -OCH3 is 1. The van der Waals surface area contributed by atoms with Crippen molar-refractivity contribution in [3.63, 3.8) is 0 Å². The molecule has 0 aliphatic heterocycles. The first-order valence-electron chi connectivity index (χ1n) is 46.2. The monoisotopic (exact) mass is 1630 g/mol. The quantitative estimate of drug-likeness (QED) is 0.0285. The van der Waals surface area contributed by atoms with Crippen molar-refractivity contribution < 1.29 is 61.7 Å². The Hall–Kier alpha value is -9.30. The van der Waals surface area contributed by atoms with Crippen molar-refractivity contribution in [1.82, 2.24) is 0 Å². The summed E-state index contributed by atoms with van der Waals surface area (Å²) in [4.78, 5) is 26.7. The van der Waals surface area contributed by atoms with Gasteiger partial charge in [-0.2, -0.15) is 0 Å². The van der Waals surface area contributed by atoms with Crippen LogP contribution in [0.15, 0.2) is 176 Å². The first-order chi connectivity index (χ1) is 58.7. The molecule has 0 aliphatic carbocycles. The van der Waals surface area contributed by atoms with E-state index in [1.54, 1.807) is 42.5 Å². The minimum Gasteiger partial charge on any atom is -0.494 e. The summed E-state index contributed by atoms with van der Waals surface area (Å²) in [7, 11) is 1.33. The largest absolute Gasteiger partial charge is 0.494 e. The number of hydrogen-bond donors (Lipinski definition) is 1. The number of carbonyl (C=O) groups excluding carboxylic acids is 2. The molecule has 8 rings (SSSR count). The molecule has 0 unspecified atom stereocenters. The van der Waals surface area contributed by atoms with Crippen LogP contribution in [-0.4, -0.2) is 45.4 Å². The predicted octanol–water partition coefficient (Wildman–Crippen LogP) is 29.4. The number of ether oxygens (including phenoxy) is 11. The Morgan fingerprint density at radius 2 is 0.479 bits per heavy atom. The molecule has 0 aliphatic rings. The maximum absolute atomic E-state index is 14.4. The number of esters is 1. The van der Waals surface area contributed by atoms with E-state index in [4.69, 9.17) is 52.1 Å². The fraction of sp³-hybridized carbons (Fsp3) is 0.524. The van der Waals surface area contributed by atoms with E-state index in [2.05, 4.69) is 57.3 Å². The van der Waals surface area contributed by atoms with Crippen LogP contribution in [0.5, 0.6) is 57.5 Å². The highest BCUT2D eigenvalue weighted by atomic mass is 16.5. The third-order valence-corrected chi connectivity index (χ3v) is 21.9. The van der Waals surface area contributed by atoms with Gasteiger partial charge in [0, 0.05) is 17.3 Å². The molecule has 0 bridgehead atoms. The summed E-state index contributed by atoms with van der Waals surface area (Å²) in [5.74, 6) is 5.51. The van der Waals surface area contributed by atoms with Crippen LogP contribution in [0.25, 0.3) is 0 Å². The minimum absolute atomic E-state index is 0.108. The Labute approximate surface area is 716 Å². The van der Waals surface area contributed by atoms with Gasteiger partial charge in [-0.05, 0) is 168 Å². The summed E-state index contributed by atoms with van der Waals surface area (Å²) in [5.41, 5.74) is 6.66. The second kappa shape index (κ2) is 60.2. The zero-order valence-electron chi connectivity index (χ0n) is 73.4. The zero-order valence-corrected chi connectivity index (χ0v) is 73.4. The Morgan fingerprint density at radius 1 is 0.227 bits per heavy atom. The van der Waals surface area contributed by atoms with E-state index in [1.165, 1.54) is 238 Å². The third kappa shape index (κ3) is 40.5. The second-order valence-electron chi connectivity index (χ2n) is 32.2. The maximum atomic E-state index is 14.4. The summed E-state index contributed by atoms with van der Waals surface area (Å²) in [5, 5.41) is 2.99. The van der Waals surface area contributed by atoms with Crippen LogP contribution >= 0.6 is 0 Å². The van der Waals surface area contributed by atoms with Crippen molar-refractivity contribution in [3.8, 4) is 57.5 Å². The molecule has 0 atom stereocenters. The highest BCUT2D eigenvalue weighted by Crippen LogP contribution is 2.35. The number of benzene rings is 8. The molecule has 0 spiro atoms. The first kappa shape index (κ1) is 95.2. The van der Waals surface area contributed by atoms with Crippen LogP contribution < -0.4 is 52.7 Å². The van der Waals surface area contributed by atoms with E-state index >= 15 is 0 Å². The normalized spacial score (nSPS) is 11.1. The van der Waals surface area contributed by atoms with Gasteiger partial charge < -0.3 is 57.4 Å². The van der Waals surface area contributed by atoms with E-state index in [1.807, 2.05) is 109 Å². The number of anilines is 1. The topological polar surface area (TPSA) is 148 Å². The number of hydrogen-bond acceptors (Lipinski definition) is 13. The van der Waals surface area contributed by atoms with Gasteiger partial charge in [0.2, 0.25) is 0 Å². The SMILES string of the molecule is CCCCCCCCCCCCOc1ccc(COc2ccc(COc3cc(OCc4ccc(OCc5ccc(OCCCCCCCCCCCC)cc5)c(OCc5ccc(OCCCCCCCCCCCC)cc5)c4)cc(C(=O)Nc4ccc(C(=O)OC)cc4)c3)cc2OCc2ccc(OCCCCCCCCCCCC)cc2)cc1. The number of nitrogens with one attached hydrogen (secondary N) is 1. The zero-order chi connectivity index (χ0) is 83.5. The average Bonchev–Trinajstić information content (AvgIpc) is 0.822. The van der Waals surface area contributed by atoms with Crippen LogP contribution in [0.1, 0.15) is 339 Å². The van der Waals surface area contributed by atoms with Crippen LogP contribution in [-0.2, 0) is 44.4 Å². The fourth-order valence-electron chi connectivity index (χ4n) is 14.5. The lowest BCUT2D eigenvalue weighted by Crippen LogP contribution is -2.13. The van der Waals surface area contributed by atoms with Gasteiger partial charge >= 0.3 is 5.97 Å². The van der Waals surface area contributed by atoms with Crippen molar-refractivity contribution >= 4 is 17.6 Å². The van der Waals surface area contributed by atoms with Gasteiger partial charge in [-0.15, -0.1) is 0 Å². The molecule has 0 radical (unpaired) electrons. The highest BCUT2D eigenvalue weighted by Gasteiger charge is 2.17. The van der Waals surface area contributed by atoms with Crippen molar-refractivity contribution in [2.24, 2.45) is 0 Å². The molecular weight excluding hydrogens is 1480 g/mol. The second-order valence-corrected chi connectivity index (χ2v) is 32.2. The van der Waals surface area contributed by atoms with Crippen LogP contribution in [0.3, 0.4) is 0 Å². The van der Waals surface area contributed by atoms with Crippen LogP contribution in [0, 0.1) is 0 Å². The van der Waals surface area contributed by atoms with Crippen molar-refractivity contribution in [3.05, 3.63) is 220 Å². The molecule has 0 heterocycles. The molecule has 0 aromatic heterocycles. The molecule has 1 amide bonds. The summed E-state index contributed by atoms with van der Waals surface area (Å²) < 4.78 is 69.4. The van der Waals surface area contributed by atoms with Crippen molar-refractivity contribution in [1.29, 1.82) is 0 Å². The standard InChI is InChI=1S/C105H145NO13/c1-6-10-14-18-22-26-30-34-38-42-70-110-94-60-46-85(47-61-94)79-116-100-68-54-89(74-102(100)118-81-87-50-64-96(65-51-87)112-72-44-40-36-32-28-24-20-16-12-8-3)83-114-98-76-92(104(107)106-93-58-56-91(57-59-93)105(108)109-5)77-99(78-98)115-84-90-55-69-101(117-80-86-48-62-95(63-49-86)111-71-43-39-35-31-27-23-19-15-11-7-2)103(75-90)119-82-88-52-66-97(67-53-88)113-73-45-41-37-33-29-25-21-17-13-9-4/h46-69,74-78H,6-45,70-73,79-84H2,1-5H3,(H,106,107). The Morgan fingerprint density at radius 3 is 0.756 bits per heavy atom. The molecule has 0 fully saturated rings.